The molecular weight excluding hydrogens is 419 g/mol. The third-order valence-corrected chi connectivity index (χ3v) is 7.21. The van der Waals surface area contributed by atoms with Crippen LogP contribution in [0.2, 0.25) is 0 Å². The van der Waals surface area contributed by atoms with Crippen LogP contribution in [0.3, 0.4) is 0 Å². The van der Waals surface area contributed by atoms with Gasteiger partial charge in [-0.05, 0) is 31.7 Å². The number of rotatable bonds is 5. The third kappa shape index (κ3) is 3.63. The Kier molecular flexibility index (Phi) is 5.41. The van der Waals surface area contributed by atoms with Crippen LogP contribution in [0.1, 0.15) is 42.2 Å². The molecule has 0 atom stereocenters. The van der Waals surface area contributed by atoms with Gasteiger partial charge in [0.2, 0.25) is 0 Å². The van der Waals surface area contributed by atoms with Crippen LogP contribution in [0.25, 0.3) is 10.2 Å². The minimum atomic E-state index is -4.38. The third-order valence-electron chi connectivity index (χ3n) is 5.91. The maximum absolute atomic E-state index is 13.2. The van der Waals surface area contributed by atoms with E-state index in [-0.39, 0.29) is 11.6 Å². The van der Waals surface area contributed by atoms with Gasteiger partial charge >= 0.3 is 11.9 Å². The Balaban J connectivity index is 1.85. The highest BCUT2D eigenvalue weighted by atomic mass is 32.1. The Hall–Kier alpha value is -2.30. The normalized spacial score (nSPS) is 19.0. The minimum Gasteiger partial charge on any atom is -0.354 e. The Labute approximate surface area is 174 Å². The molecule has 2 aromatic rings. The van der Waals surface area contributed by atoms with Crippen molar-refractivity contribution >= 4 is 27.5 Å². The maximum atomic E-state index is 13.2. The zero-order valence-electron chi connectivity index (χ0n) is 16.9. The number of thiophene rings is 1. The number of alkyl halides is 3. The van der Waals surface area contributed by atoms with Crippen LogP contribution in [0.5, 0.6) is 0 Å². The molecule has 1 aliphatic heterocycles. The van der Waals surface area contributed by atoms with Gasteiger partial charge in [-0.3, -0.25) is 18.9 Å². The average molecular weight is 443 g/mol. The van der Waals surface area contributed by atoms with Crippen molar-refractivity contribution in [1.82, 2.24) is 19.4 Å². The van der Waals surface area contributed by atoms with E-state index in [0.29, 0.717) is 29.6 Å². The molecule has 1 saturated carbocycles. The van der Waals surface area contributed by atoms with Crippen molar-refractivity contribution in [1.29, 1.82) is 0 Å². The lowest BCUT2D eigenvalue weighted by atomic mass is 9.93. The largest absolute Gasteiger partial charge is 0.390 e. The van der Waals surface area contributed by atoms with E-state index in [1.165, 1.54) is 15.9 Å². The molecule has 4 rings (SSSR count). The van der Waals surface area contributed by atoms with Gasteiger partial charge in [-0.1, -0.05) is 0 Å². The van der Waals surface area contributed by atoms with Gasteiger partial charge in [0.15, 0.2) is 5.96 Å². The zero-order chi connectivity index (χ0) is 21.6. The first-order valence-electron chi connectivity index (χ1n) is 10.0. The van der Waals surface area contributed by atoms with E-state index < -0.39 is 24.8 Å². The predicted octanol–water partition coefficient (Wildman–Crippen LogP) is 2.60. The van der Waals surface area contributed by atoms with Gasteiger partial charge in [0.25, 0.3) is 5.56 Å². The second kappa shape index (κ2) is 7.75. The molecule has 0 amide bonds. The highest BCUT2D eigenvalue weighted by molar-refractivity contribution is 7.18. The summed E-state index contributed by atoms with van der Waals surface area (Å²) in [4.78, 5) is 33.7. The molecule has 3 heterocycles. The number of aryl methyl sites for hydroxylation is 2. The second-order valence-corrected chi connectivity index (χ2v) is 8.87. The summed E-state index contributed by atoms with van der Waals surface area (Å²) in [5.41, 5.74) is -0.282. The average Bonchev–Trinajstić information content (AvgIpc) is 3.21. The molecule has 164 valence electrons. The number of halogens is 3. The molecular formula is C19H24F3N5O2S. The lowest BCUT2D eigenvalue weighted by Crippen LogP contribution is -2.44. The number of aliphatic imine (C=N–C) groups is 1. The molecule has 7 nitrogen and oxygen atoms in total. The zero-order valence-corrected chi connectivity index (χ0v) is 17.7. The Morgan fingerprint density at radius 2 is 2.00 bits per heavy atom. The van der Waals surface area contributed by atoms with Crippen LogP contribution in [-0.2, 0) is 13.1 Å². The van der Waals surface area contributed by atoms with Crippen LogP contribution in [-0.4, -0.2) is 46.3 Å². The first kappa shape index (κ1) is 21.0. The highest BCUT2D eigenvalue weighted by Gasteiger charge is 2.31. The Morgan fingerprint density at radius 3 is 2.60 bits per heavy atom. The molecule has 0 radical (unpaired) electrons. The smallest absolute Gasteiger partial charge is 0.354 e. The molecule has 2 aromatic heterocycles. The lowest BCUT2D eigenvalue weighted by molar-refractivity contribution is -0.136. The molecule has 1 saturated heterocycles. The van der Waals surface area contributed by atoms with E-state index in [0.717, 1.165) is 40.5 Å². The van der Waals surface area contributed by atoms with Crippen LogP contribution in [0.4, 0.5) is 13.2 Å². The van der Waals surface area contributed by atoms with Crippen LogP contribution >= 0.6 is 11.3 Å². The molecule has 0 bridgehead atoms. The number of hydrogen-bond acceptors (Lipinski definition) is 4. The van der Waals surface area contributed by atoms with E-state index >= 15 is 0 Å². The number of nitrogens with one attached hydrogen (secondary N) is 1. The van der Waals surface area contributed by atoms with Crippen LogP contribution in [0, 0.1) is 6.92 Å². The van der Waals surface area contributed by atoms with Gasteiger partial charge in [-0.25, -0.2) is 4.79 Å². The molecule has 2 fully saturated rings. The van der Waals surface area contributed by atoms with Crippen LogP contribution in [0.15, 0.2) is 14.6 Å². The topological polar surface area (TPSA) is 71.6 Å². The fraction of sp³-hybridized carbons (Fsp3) is 0.632. The Bertz CT molecular complexity index is 1110. The fourth-order valence-corrected chi connectivity index (χ4v) is 5.36. The number of nitrogens with zero attached hydrogens (tertiary/aromatic N) is 4. The molecule has 0 unspecified atom stereocenters. The standard InChI is InChI=1S/C19H24F3N5O2S/c1-11-13(10-25-9-7-24-17(25)23-2)30-16-14(11)15(28)27(12-4-3-5-12)18(29)26(16)8-6-19(20,21)22/h12H,3-10H2,1-2H3,(H,23,24). The molecule has 2 aliphatic rings. The number of aromatic nitrogens is 2. The summed E-state index contributed by atoms with van der Waals surface area (Å²) >= 11 is 1.23. The van der Waals surface area contributed by atoms with Crippen molar-refractivity contribution in [2.75, 3.05) is 20.1 Å². The maximum Gasteiger partial charge on any atom is 0.390 e. The van der Waals surface area contributed by atoms with Crippen molar-refractivity contribution < 1.29 is 13.2 Å². The van der Waals surface area contributed by atoms with E-state index in [4.69, 9.17) is 0 Å². The molecule has 11 heteroatoms. The SMILES string of the molecule is CN=C1NCCN1Cc1sc2c(c1C)c(=O)n(C1CCC1)c(=O)n2CCC(F)(F)F. The summed E-state index contributed by atoms with van der Waals surface area (Å²) in [6.45, 7) is 3.31. The summed E-state index contributed by atoms with van der Waals surface area (Å²) in [7, 11) is 1.69. The monoisotopic (exact) mass is 443 g/mol. The van der Waals surface area contributed by atoms with E-state index in [1.807, 2.05) is 11.8 Å². The van der Waals surface area contributed by atoms with Crippen molar-refractivity contribution in [3.05, 3.63) is 31.3 Å². The van der Waals surface area contributed by atoms with E-state index in [9.17, 15) is 22.8 Å². The minimum absolute atomic E-state index is 0.226. The summed E-state index contributed by atoms with van der Waals surface area (Å²) < 4.78 is 41.1. The molecule has 0 aromatic carbocycles. The molecule has 0 spiro atoms. The first-order chi connectivity index (χ1) is 14.2. The predicted molar refractivity (Wildman–Crippen MR) is 110 cm³/mol. The van der Waals surface area contributed by atoms with Crippen molar-refractivity contribution in [2.45, 2.75) is 57.9 Å². The molecule has 1 N–H and O–H groups in total. The Morgan fingerprint density at radius 1 is 1.27 bits per heavy atom. The summed E-state index contributed by atoms with van der Waals surface area (Å²) in [5.74, 6) is 0.744. The van der Waals surface area contributed by atoms with Crippen LogP contribution < -0.4 is 16.6 Å². The van der Waals surface area contributed by atoms with Gasteiger partial charge in [0.05, 0.1) is 18.4 Å². The second-order valence-electron chi connectivity index (χ2n) is 7.79. The number of guanidine groups is 1. The number of hydrogen-bond donors (Lipinski definition) is 1. The van der Waals surface area contributed by atoms with Crippen molar-refractivity contribution in [2.24, 2.45) is 4.99 Å². The van der Waals surface area contributed by atoms with Gasteiger partial charge in [0, 0.05) is 37.6 Å². The quantitative estimate of drug-likeness (QED) is 0.771. The van der Waals surface area contributed by atoms with Gasteiger partial charge < -0.3 is 10.2 Å². The van der Waals surface area contributed by atoms with Crippen molar-refractivity contribution in [3.8, 4) is 0 Å². The summed E-state index contributed by atoms with van der Waals surface area (Å²) in [6.07, 6.45) is -3.19. The molecule has 30 heavy (non-hydrogen) atoms. The highest BCUT2D eigenvalue weighted by Crippen LogP contribution is 2.33. The fourth-order valence-electron chi connectivity index (χ4n) is 4.03. The van der Waals surface area contributed by atoms with E-state index in [1.54, 1.807) is 7.05 Å². The van der Waals surface area contributed by atoms with E-state index in [2.05, 4.69) is 10.3 Å². The van der Waals surface area contributed by atoms with Gasteiger partial charge in [-0.15, -0.1) is 11.3 Å². The van der Waals surface area contributed by atoms with Gasteiger partial charge in [-0.2, -0.15) is 13.2 Å². The lowest BCUT2D eigenvalue weighted by Gasteiger charge is -2.27. The van der Waals surface area contributed by atoms with Gasteiger partial charge in [0.1, 0.15) is 4.83 Å². The molecule has 1 aliphatic carbocycles. The first-order valence-corrected chi connectivity index (χ1v) is 10.8. The number of fused-ring (bicyclic) bond motifs is 1. The summed E-state index contributed by atoms with van der Waals surface area (Å²) in [6, 6.07) is -0.226. The van der Waals surface area contributed by atoms with Crippen molar-refractivity contribution in [3.63, 3.8) is 0 Å². The summed E-state index contributed by atoms with van der Waals surface area (Å²) in [5, 5.41) is 3.54.